The van der Waals surface area contributed by atoms with Gasteiger partial charge in [0.15, 0.2) is 11.0 Å². The van der Waals surface area contributed by atoms with Crippen LogP contribution < -0.4 is 5.90 Å². The van der Waals surface area contributed by atoms with Gasteiger partial charge in [-0.25, -0.2) is 15.3 Å². The van der Waals surface area contributed by atoms with Crippen molar-refractivity contribution in [2.45, 2.75) is 19.4 Å². The second kappa shape index (κ2) is 3.98. The summed E-state index contributed by atoms with van der Waals surface area (Å²) in [6, 6.07) is 1.16. The second-order valence-corrected chi connectivity index (χ2v) is 3.94. The van der Waals surface area contributed by atoms with E-state index >= 15 is 0 Å². The van der Waals surface area contributed by atoms with Crippen molar-refractivity contribution in [2.24, 2.45) is 5.90 Å². The van der Waals surface area contributed by atoms with Gasteiger partial charge in [-0.1, -0.05) is 23.2 Å². The first-order valence-corrected chi connectivity index (χ1v) is 4.54. The van der Waals surface area contributed by atoms with E-state index < -0.39 is 11.4 Å². The lowest BCUT2D eigenvalue weighted by Crippen LogP contribution is -2.26. The minimum absolute atomic E-state index is 0.0758. The van der Waals surface area contributed by atoms with E-state index in [-0.39, 0.29) is 10.3 Å². The van der Waals surface area contributed by atoms with Gasteiger partial charge in [-0.05, 0) is 19.9 Å². The van der Waals surface area contributed by atoms with Gasteiger partial charge < -0.3 is 0 Å². The van der Waals surface area contributed by atoms with Crippen molar-refractivity contribution in [1.29, 1.82) is 0 Å². The van der Waals surface area contributed by atoms with Gasteiger partial charge in [0.2, 0.25) is 0 Å². The van der Waals surface area contributed by atoms with Crippen LogP contribution in [-0.4, -0.2) is 4.98 Å². The monoisotopic (exact) mass is 238 g/mol. The zero-order valence-electron chi connectivity index (χ0n) is 7.64. The molecule has 0 aliphatic heterocycles. The first-order valence-electron chi connectivity index (χ1n) is 3.78. The van der Waals surface area contributed by atoms with Crippen LogP contribution >= 0.6 is 23.2 Å². The van der Waals surface area contributed by atoms with Gasteiger partial charge >= 0.3 is 0 Å². The molecule has 6 heteroatoms. The van der Waals surface area contributed by atoms with Gasteiger partial charge in [-0.3, -0.25) is 4.84 Å². The summed E-state index contributed by atoms with van der Waals surface area (Å²) in [5.74, 6) is 4.40. The quantitative estimate of drug-likeness (QED) is 0.637. The standard InChI is InChI=1S/C8H9Cl2FN2O/c1-8(2,14-12)4-3-5(11)7(10)13-6(4)9/h3H,12H2,1-2H3. The maximum Gasteiger partial charge on any atom is 0.166 e. The molecule has 0 radical (unpaired) electrons. The Morgan fingerprint density at radius 3 is 2.50 bits per heavy atom. The molecule has 0 amide bonds. The van der Waals surface area contributed by atoms with Crippen molar-refractivity contribution in [1.82, 2.24) is 4.98 Å². The van der Waals surface area contributed by atoms with Crippen LogP contribution in [0.3, 0.4) is 0 Å². The van der Waals surface area contributed by atoms with E-state index in [4.69, 9.17) is 29.1 Å². The van der Waals surface area contributed by atoms with Crippen LogP contribution in [-0.2, 0) is 10.4 Å². The zero-order chi connectivity index (χ0) is 10.9. The fourth-order valence-corrected chi connectivity index (χ4v) is 1.48. The molecule has 1 rings (SSSR count). The smallest absolute Gasteiger partial charge is 0.166 e. The highest BCUT2D eigenvalue weighted by atomic mass is 35.5. The van der Waals surface area contributed by atoms with Gasteiger partial charge in [0.05, 0.1) is 0 Å². The maximum absolute atomic E-state index is 13.1. The van der Waals surface area contributed by atoms with Crippen molar-refractivity contribution < 1.29 is 9.23 Å². The van der Waals surface area contributed by atoms with E-state index in [0.29, 0.717) is 5.56 Å². The topological polar surface area (TPSA) is 48.1 Å². The first kappa shape index (κ1) is 11.7. The number of rotatable bonds is 2. The van der Waals surface area contributed by atoms with Gasteiger partial charge in [0.25, 0.3) is 0 Å². The average molecular weight is 239 g/mol. The molecule has 0 spiro atoms. The number of aromatic nitrogens is 1. The Morgan fingerprint density at radius 1 is 1.43 bits per heavy atom. The lowest BCUT2D eigenvalue weighted by atomic mass is 10.0. The molecule has 0 fully saturated rings. The highest BCUT2D eigenvalue weighted by Crippen LogP contribution is 2.30. The van der Waals surface area contributed by atoms with E-state index in [0.717, 1.165) is 6.07 Å². The predicted molar refractivity (Wildman–Crippen MR) is 52.5 cm³/mol. The number of hydrogen-bond acceptors (Lipinski definition) is 3. The highest BCUT2D eigenvalue weighted by molar-refractivity contribution is 6.33. The van der Waals surface area contributed by atoms with Crippen LogP contribution in [0, 0.1) is 5.82 Å². The molecule has 1 heterocycles. The van der Waals surface area contributed by atoms with Crippen LogP contribution in [0.1, 0.15) is 19.4 Å². The molecular weight excluding hydrogens is 230 g/mol. The molecule has 0 saturated heterocycles. The fourth-order valence-electron chi connectivity index (χ4n) is 0.931. The fraction of sp³-hybridized carbons (Fsp3) is 0.375. The van der Waals surface area contributed by atoms with Crippen LogP contribution in [0.25, 0.3) is 0 Å². The van der Waals surface area contributed by atoms with Gasteiger partial charge in [-0.15, -0.1) is 0 Å². The molecule has 14 heavy (non-hydrogen) atoms. The van der Waals surface area contributed by atoms with Gasteiger partial charge in [0, 0.05) is 5.56 Å². The average Bonchev–Trinajstić information content (AvgIpc) is 2.11. The van der Waals surface area contributed by atoms with Crippen molar-refractivity contribution in [3.8, 4) is 0 Å². The SMILES string of the molecule is CC(C)(ON)c1cc(F)c(Cl)nc1Cl. The van der Waals surface area contributed by atoms with Crippen molar-refractivity contribution in [3.63, 3.8) is 0 Å². The molecule has 0 saturated carbocycles. The molecule has 0 aromatic carbocycles. The minimum Gasteiger partial charge on any atom is -0.294 e. The number of halogens is 3. The Labute approximate surface area is 90.9 Å². The predicted octanol–water partition coefficient (Wildman–Crippen LogP) is 2.65. The van der Waals surface area contributed by atoms with Gasteiger partial charge in [-0.2, -0.15) is 0 Å². The molecule has 0 aliphatic rings. The Bertz CT molecular complexity index is 357. The number of nitrogens with zero attached hydrogens (tertiary/aromatic N) is 1. The molecule has 0 aliphatic carbocycles. The molecule has 0 bridgehead atoms. The zero-order valence-corrected chi connectivity index (χ0v) is 9.16. The molecule has 1 aromatic rings. The van der Waals surface area contributed by atoms with E-state index in [9.17, 15) is 4.39 Å². The summed E-state index contributed by atoms with van der Waals surface area (Å²) in [6.45, 7) is 3.28. The number of pyridine rings is 1. The summed E-state index contributed by atoms with van der Waals surface area (Å²) in [5, 5.41) is -0.196. The van der Waals surface area contributed by atoms with Crippen LogP contribution in [0.4, 0.5) is 4.39 Å². The summed E-state index contributed by atoms with van der Waals surface area (Å²) in [6.07, 6.45) is 0. The van der Waals surface area contributed by atoms with E-state index in [1.165, 1.54) is 0 Å². The molecule has 1 aromatic heterocycles. The number of hydrogen-bond donors (Lipinski definition) is 1. The second-order valence-electron chi connectivity index (χ2n) is 3.23. The third-order valence-corrected chi connectivity index (χ3v) is 2.38. The van der Waals surface area contributed by atoms with Crippen molar-refractivity contribution in [3.05, 3.63) is 27.8 Å². The Morgan fingerprint density at radius 2 is 2.00 bits per heavy atom. The summed E-state index contributed by atoms with van der Waals surface area (Å²) in [5.41, 5.74) is -0.557. The van der Waals surface area contributed by atoms with Gasteiger partial charge in [0.1, 0.15) is 10.8 Å². The first-order chi connectivity index (χ1) is 6.38. The highest BCUT2D eigenvalue weighted by Gasteiger charge is 2.26. The normalized spacial score (nSPS) is 11.9. The van der Waals surface area contributed by atoms with Crippen LogP contribution in [0.15, 0.2) is 6.07 Å². The number of nitrogens with two attached hydrogens (primary N) is 1. The summed E-state index contributed by atoms with van der Waals surface area (Å²) in [7, 11) is 0. The largest absolute Gasteiger partial charge is 0.294 e. The van der Waals surface area contributed by atoms with Crippen LogP contribution in [0.5, 0.6) is 0 Å². The van der Waals surface area contributed by atoms with E-state index in [2.05, 4.69) is 9.82 Å². The Hall–Kier alpha value is -0.420. The Balaban J connectivity index is 3.29. The third kappa shape index (κ3) is 2.15. The molecular formula is C8H9Cl2FN2O. The summed E-state index contributed by atoms with van der Waals surface area (Å²) in [4.78, 5) is 8.27. The third-order valence-electron chi connectivity index (χ3n) is 1.83. The maximum atomic E-state index is 13.1. The van der Waals surface area contributed by atoms with Crippen molar-refractivity contribution >= 4 is 23.2 Å². The minimum atomic E-state index is -0.907. The summed E-state index contributed by atoms with van der Waals surface area (Å²) < 4.78 is 13.1. The molecule has 2 N–H and O–H groups in total. The van der Waals surface area contributed by atoms with E-state index in [1.54, 1.807) is 13.8 Å². The van der Waals surface area contributed by atoms with Crippen LogP contribution in [0.2, 0.25) is 10.3 Å². The lowest BCUT2D eigenvalue weighted by molar-refractivity contribution is -0.0239. The van der Waals surface area contributed by atoms with Crippen molar-refractivity contribution in [2.75, 3.05) is 0 Å². The Kier molecular flexibility index (Phi) is 3.32. The lowest BCUT2D eigenvalue weighted by Gasteiger charge is -2.22. The summed E-state index contributed by atoms with van der Waals surface area (Å²) >= 11 is 11.2. The molecule has 78 valence electrons. The van der Waals surface area contributed by atoms with E-state index in [1.807, 2.05) is 0 Å². The molecule has 0 atom stereocenters. The molecule has 3 nitrogen and oxygen atoms in total. The molecule has 0 unspecified atom stereocenters.